The molecule has 6 atom stereocenters. The van der Waals surface area contributed by atoms with Crippen molar-refractivity contribution < 1.29 is 49.0 Å². The van der Waals surface area contributed by atoms with Gasteiger partial charge in [0.2, 0.25) is 0 Å². The van der Waals surface area contributed by atoms with E-state index in [1.165, 1.54) is 31.3 Å². The minimum atomic E-state index is -1.61. The Balaban J connectivity index is 2.47. The molecule has 10 heteroatoms. The third-order valence-electron chi connectivity index (χ3n) is 9.40. The maximum Gasteiger partial charge on any atom is 0.306 e. The molecule has 1 heterocycles. The zero-order valence-corrected chi connectivity index (χ0v) is 34.8. The van der Waals surface area contributed by atoms with E-state index in [4.69, 9.17) is 18.9 Å². The van der Waals surface area contributed by atoms with Crippen molar-refractivity contribution in [3.8, 4) is 0 Å². The van der Waals surface area contributed by atoms with Crippen molar-refractivity contribution in [1.82, 2.24) is 0 Å². The van der Waals surface area contributed by atoms with Crippen LogP contribution in [0.25, 0.3) is 0 Å². The molecule has 1 fully saturated rings. The average molecular weight is 789 g/mol. The van der Waals surface area contributed by atoms with E-state index in [1.54, 1.807) is 0 Å². The fraction of sp³-hybridized carbons (Fsp3) is 0.696. The second-order valence-corrected chi connectivity index (χ2v) is 14.6. The number of aliphatic hydroxyl groups is 4. The van der Waals surface area contributed by atoms with Crippen molar-refractivity contribution in [2.45, 2.75) is 186 Å². The zero-order valence-electron chi connectivity index (χ0n) is 34.8. The quantitative estimate of drug-likeness (QED) is 0.0288. The molecule has 56 heavy (non-hydrogen) atoms. The summed E-state index contributed by atoms with van der Waals surface area (Å²) >= 11 is 0. The van der Waals surface area contributed by atoms with Gasteiger partial charge in [0.25, 0.3) is 0 Å². The first-order valence-corrected chi connectivity index (χ1v) is 21.4. The van der Waals surface area contributed by atoms with Crippen LogP contribution in [0.5, 0.6) is 0 Å². The van der Waals surface area contributed by atoms with Crippen LogP contribution in [0, 0.1) is 0 Å². The van der Waals surface area contributed by atoms with Crippen LogP contribution in [-0.2, 0) is 28.5 Å². The molecule has 1 aliphatic rings. The fourth-order valence-electron chi connectivity index (χ4n) is 5.94. The van der Waals surface area contributed by atoms with Crippen LogP contribution in [0.1, 0.15) is 149 Å². The Morgan fingerprint density at radius 3 is 1.88 bits per heavy atom. The lowest BCUT2D eigenvalue weighted by atomic mass is 9.99. The Morgan fingerprint density at radius 2 is 1.23 bits per heavy atom. The van der Waals surface area contributed by atoms with Gasteiger partial charge in [0, 0.05) is 12.8 Å². The van der Waals surface area contributed by atoms with E-state index < -0.39 is 55.4 Å². The maximum atomic E-state index is 12.8. The van der Waals surface area contributed by atoms with E-state index >= 15 is 0 Å². The highest BCUT2D eigenvalue weighted by Crippen LogP contribution is 2.22. The van der Waals surface area contributed by atoms with Gasteiger partial charge in [-0.25, -0.2) is 0 Å². The highest BCUT2D eigenvalue weighted by Gasteiger charge is 2.44. The van der Waals surface area contributed by atoms with Crippen molar-refractivity contribution in [3.63, 3.8) is 0 Å². The average Bonchev–Trinajstić information content (AvgIpc) is 3.19. The molecule has 10 nitrogen and oxygen atoms in total. The van der Waals surface area contributed by atoms with Crippen LogP contribution in [-0.4, -0.2) is 89.0 Å². The van der Waals surface area contributed by atoms with Gasteiger partial charge in [-0.3, -0.25) is 9.59 Å². The summed E-state index contributed by atoms with van der Waals surface area (Å²) in [6.45, 7) is 5.27. The number of rotatable bonds is 33. The smallest absolute Gasteiger partial charge is 0.306 e. The molecule has 0 amide bonds. The molecule has 1 saturated heterocycles. The van der Waals surface area contributed by atoms with Gasteiger partial charge in [-0.2, -0.15) is 0 Å². The van der Waals surface area contributed by atoms with Crippen molar-refractivity contribution in [3.05, 3.63) is 72.4 Å². The number of unbranched alkanes of at least 4 members (excludes halogenated alkanes) is 10. The molecule has 1 aliphatic heterocycles. The second kappa shape index (κ2) is 35.3. The summed E-state index contributed by atoms with van der Waals surface area (Å²) in [5, 5.41) is 40.1. The van der Waals surface area contributed by atoms with Gasteiger partial charge in [-0.05, 0) is 84.0 Å². The molecule has 0 radical (unpaired) electrons. The lowest BCUT2D eigenvalue weighted by molar-refractivity contribution is -0.305. The van der Waals surface area contributed by atoms with Gasteiger partial charge < -0.3 is 39.4 Å². The summed E-state index contributed by atoms with van der Waals surface area (Å²) in [5.41, 5.74) is 1.22. The number of aliphatic hydroxyl groups excluding tert-OH is 4. The molecular formula is C46H76O10. The predicted molar refractivity (Wildman–Crippen MR) is 224 cm³/mol. The highest BCUT2D eigenvalue weighted by atomic mass is 16.7. The Kier molecular flexibility index (Phi) is 32.3. The van der Waals surface area contributed by atoms with Crippen LogP contribution in [0.15, 0.2) is 72.4 Å². The number of hydrogen-bond acceptors (Lipinski definition) is 10. The Hall–Kier alpha value is -2.86. The standard InChI is InChI=1S/C46H76O10/c1-4-6-8-10-12-14-16-18-20-22-24-26-28-34-42(49)55-39(37-54-46-45(52)44(51)43(50)40(35-47)56-46)36-53-41(48)33-30-29-32-38(3)31-27-25-23-21-19-17-15-13-11-9-7-5-2/h7,9,13-16,19,21,25,27,32,39-40,43-47,50-52H,4-6,8,10-12,17-18,20,22-24,26,28-31,33-37H2,1-3H3/b9-7-,15-13-,16-14-,21-19-,27-25-,38-32-/t39-,40?,43?,44?,45?,46?/m1/s1. The summed E-state index contributed by atoms with van der Waals surface area (Å²) in [7, 11) is 0. The lowest BCUT2D eigenvalue weighted by Gasteiger charge is -2.39. The molecular weight excluding hydrogens is 712 g/mol. The molecule has 0 aromatic heterocycles. The number of carbonyl (C=O) groups excluding carboxylic acids is 2. The van der Waals surface area contributed by atoms with Gasteiger partial charge in [-0.1, -0.05) is 125 Å². The molecule has 5 unspecified atom stereocenters. The normalized spacial score (nSPS) is 21.3. The SMILES string of the molecule is CC/C=C\C/C=C\C/C=C\C/C=C\C/C(C)=C\CCCC(=O)OC[C@H](COC1OC(CO)C(O)C(O)C1O)OC(=O)CCCCCCC/C=C\CCCCCC. The minimum absolute atomic E-state index is 0.191. The predicted octanol–water partition coefficient (Wildman–Crippen LogP) is 8.83. The molecule has 320 valence electrons. The largest absolute Gasteiger partial charge is 0.462 e. The van der Waals surface area contributed by atoms with Crippen molar-refractivity contribution in [2.24, 2.45) is 0 Å². The molecule has 4 N–H and O–H groups in total. The first kappa shape index (κ1) is 51.2. The summed E-state index contributed by atoms with van der Waals surface area (Å²) in [5.74, 6) is -0.890. The molecule has 1 rings (SSSR count). The molecule has 0 bridgehead atoms. The van der Waals surface area contributed by atoms with Crippen LogP contribution < -0.4 is 0 Å². The van der Waals surface area contributed by atoms with Crippen LogP contribution in [0.4, 0.5) is 0 Å². The van der Waals surface area contributed by atoms with Gasteiger partial charge in [0.05, 0.1) is 13.2 Å². The van der Waals surface area contributed by atoms with E-state index in [2.05, 4.69) is 87.6 Å². The molecule has 0 aromatic rings. The van der Waals surface area contributed by atoms with E-state index in [9.17, 15) is 30.0 Å². The number of ether oxygens (including phenoxy) is 4. The van der Waals surface area contributed by atoms with Crippen LogP contribution >= 0.6 is 0 Å². The summed E-state index contributed by atoms with van der Waals surface area (Å²) in [6, 6.07) is 0. The van der Waals surface area contributed by atoms with Crippen LogP contribution in [0.2, 0.25) is 0 Å². The lowest BCUT2D eigenvalue weighted by Crippen LogP contribution is -2.59. The number of carbonyl (C=O) groups is 2. The topological polar surface area (TPSA) is 152 Å². The van der Waals surface area contributed by atoms with E-state index in [0.717, 1.165) is 77.0 Å². The monoisotopic (exact) mass is 789 g/mol. The van der Waals surface area contributed by atoms with Crippen molar-refractivity contribution >= 4 is 11.9 Å². The number of esters is 2. The molecule has 0 aliphatic carbocycles. The van der Waals surface area contributed by atoms with Gasteiger partial charge in [0.1, 0.15) is 31.0 Å². The molecule has 0 spiro atoms. The number of hydrogen-bond donors (Lipinski definition) is 4. The molecule has 0 saturated carbocycles. The van der Waals surface area contributed by atoms with Gasteiger partial charge in [-0.15, -0.1) is 0 Å². The van der Waals surface area contributed by atoms with E-state index in [1.807, 2.05) is 0 Å². The minimum Gasteiger partial charge on any atom is -0.462 e. The zero-order chi connectivity index (χ0) is 41.1. The first-order chi connectivity index (χ1) is 27.2. The highest BCUT2D eigenvalue weighted by molar-refractivity contribution is 5.70. The fourth-order valence-corrected chi connectivity index (χ4v) is 5.94. The maximum absolute atomic E-state index is 12.8. The van der Waals surface area contributed by atoms with Gasteiger partial charge in [0.15, 0.2) is 12.4 Å². The Morgan fingerprint density at radius 1 is 0.643 bits per heavy atom. The summed E-state index contributed by atoms with van der Waals surface area (Å²) in [4.78, 5) is 25.3. The summed E-state index contributed by atoms with van der Waals surface area (Å²) in [6.07, 6.45) is 34.4. The van der Waals surface area contributed by atoms with Crippen molar-refractivity contribution in [1.29, 1.82) is 0 Å². The van der Waals surface area contributed by atoms with Crippen molar-refractivity contribution in [2.75, 3.05) is 19.8 Å². The third-order valence-corrected chi connectivity index (χ3v) is 9.40. The Labute approximate surface area is 338 Å². The first-order valence-electron chi connectivity index (χ1n) is 21.4. The van der Waals surface area contributed by atoms with E-state index in [-0.39, 0.29) is 26.1 Å². The van der Waals surface area contributed by atoms with E-state index in [0.29, 0.717) is 12.8 Å². The summed E-state index contributed by atoms with van der Waals surface area (Å²) < 4.78 is 22.1. The Bertz CT molecular complexity index is 1170. The van der Waals surface area contributed by atoms with Crippen LogP contribution in [0.3, 0.4) is 0 Å². The number of allylic oxidation sites excluding steroid dienone is 12. The third kappa shape index (κ3) is 26.9. The second-order valence-electron chi connectivity index (χ2n) is 14.6. The molecule has 0 aromatic carbocycles. The van der Waals surface area contributed by atoms with Gasteiger partial charge >= 0.3 is 11.9 Å².